The molecule has 8 nitrogen and oxygen atoms in total. The summed E-state index contributed by atoms with van der Waals surface area (Å²) in [4.78, 5) is 16.0. The third kappa shape index (κ3) is 4.36. The zero-order valence-corrected chi connectivity index (χ0v) is 18.2. The van der Waals surface area contributed by atoms with Crippen molar-refractivity contribution >= 4 is 44.9 Å². The number of nitrogens with one attached hydrogen (secondary N) is 4. The number of carbonyl (C=O) groups is 1. The molecule has 0 spiro atoms. The van der Waals surface area contributed by atoms with Gasteiger partial charge >= 0.3 is 11.5 Å². The minimum Gasteiger partial charge on any atom is -0.381 e. The number of halogens is 3. The van der Waals surface area contributed by atoms with Crippen LogP contribution in [0.15, 0.2) is 27.6 Å². The number of rotatable bonds is 5. The minimum absolute atomic E-state index is 0.0485. The summed E-state index contributed by atoms with van der Waals surface area (Å²) in [5, 5.41) is 16.4. The second-order valence-electron chi connectivity index (χ2n) is 7.52. The molecule has 1 unspecified atom stereocenters. The predicted octanol–water partition coefficient (Wildman–Crippen LogP) is 4.08. The number of nitrogens with zero attached hydrogens (tertiary/aromatic N) is 2. The first-order chi connectivity index (χ1) is 15.4. The fourth-order valence-electron chi connectivity index (χ4n) is 3.83. The van der Waals surface area contributed by atoms with Crippen molar-refractivity contribution in [3.8, 4) is 10.7 Å². The van der Waals surface area contributed by atoms with Gasteiger partial charge in [-0.15, -0.1) is 11.3 Å². The van der Waals surface area contributed by atoms with Gasteiger partial charge in [-0.3, -0.25) is 0 Å². The number of thiophene rings is 1. The standard InChI is InChI=1S/C19H19F3N6O2S2/c20-19(21,22)32-14-10-2-1-3-11(25-9-4-6-23-7-5-9)13(10)31-15(14)16-27-17(30-28-16)12-8-24-18(29)26-12/h1-3,9,12,23,25H,4-8H2,(H2,24,26,29). The third-order valence-corrected chi connectivity index (χ3v) is 7.53. The number of piperidine rings is 1. The van der Waals surface area contributed by atoms with Gasteiger partial charge in [0.15, 0.2) is 0 Å². The van der Waals surface area contributed by atoms with Crippen LogP contribution in [-0.2, 0) is 0 Å². The Hall–Kier alpha value is -2.51. The van der Waals surface area contributed by atoms with Crippen molar-refractivity contribution in [3.63, 3.8) is 0 Å². The molecule has 0 saturated carbocycles. The predicted molar refractivity (Wildman–Crippen MR) is 116 cm³/mol. The number of amides is 2. The Bertz CT molecular complexity index is 1140. The van der Waals surface area contributed by atoms with Crippen molar-refractivity contribution in [1.82, 2.24) is 26.1 Å². The number of thioether (sulfide) groups is 1. The summed E-state index contributed by atoms with van der Waals surface area (Å²) < 4.78 is 46.3. The molecule has 4 heterocycles. The van der Waals surface area contributed by atoms with Gasteiger partial charge in [0, 0.05) is 22.9 Å². The lowest BCUT2D eigenvalue weighted by Gasteiger charge is -2.25. The zero-order valence-electron chi connectivity index (χ0n) is 16.6. The molecule has 170 valence electrons. The lowest BCUT2D eigenvalue weighted by atomic mass is 10.1. The number of alkyl halides is 3. The van der Waals surface area contributed by atoms with Crippen LogP contribution in [0.2, 0.25) is 0 Å². The van der Waals surface area contributed by atoms with Gasteiger partial charge in [-0.05, 0) is 43.8 Å². The molecule has 13 heteroatoms. The maximum Gasteiger partial charge on any atom is 0.446 e. The Kier molecular flexibility index (Phi) is 5.63. The molecule has 4 N–H and O–H groups in total. The fourth-order valence-corrected chi connectivity index (χ4v) is 5.94. The van der Waals surface area contributed by atoms with Gasteiger partial charge in [-0.2, -0.15) is 18.2 Å². The lowest BCUT2D eigenvalue weighted by molar-refractivity contribution is -0.0327. The van der Waals surface area contributed by atoms with Crippen LogP contribution in [0.4, 0.5) is 23.7 Å². The number of anilines is 1. The summed E-state index contributed by atoms with van der Waals surface area (Å²) in [5.74, 6) is 0.216. The molecule has 2 aliphatic heterocycles. The number of benzene rings is 1. The number of aromatic nitrogens is 2. The Morgan fingerprint density at radius 1 is 1.25 bits per heavy atom. The lowest BCUT2D eigenvalue weighted by Crippen LogP contribution is -2.35. The molecule has 32 heavy (non-hydrogen) atoms. The van der Waals surface area contributed by atoms with Crippen LogP contribution in [0.3, 0.4) is 0 Å². The molecule has 2 saturated heterocycles. The van der Waals surface area contributed by atoms with Crippen LogP contribution in [0.1, 0.15) is 24.8 Å². The van der Waals surface area contributed by atoms with E-state index in [1.807, 2.05) is 6.07 Å². The van der Waals surface area contributed by atoms with E-state index in [1.165, 1.54) is 11.3 Å². The van der Waals surface area contributed by atoms with Gasteiger partial charge in [-0.1, -0.05) is 17.3 Å². The molecule has 1 atom stereocenters. The molecule has 2 amide bonds. The zero-order chi connectivity index (χ0) is 22.3. The maximum absolute atomic E-state index is 13.4. The molecule has 2 aliphatic rings. The SMILES string of the molecule is O=C1NCC(c2nc(-c3sc4c(NC5CCNCC5)cccc4c3SC(F)(F)F)no2)N1. The second-order valence-corrected chi connectivity index (χ2v) is 9.62. The van der Waals surface area contributed by atoms with E-state index in [-0.39, 0.29) is 51.9 Å². The van der Waals surface area contributed by atoms with E-state index in [4.69, 9.17) is 4.52 Å². The summed E-state index contributed by atoms with van der Waals surface area (Å²) in [6, 6.07) is 4.69. The van der Waals surface area contributed by atoms with Gasteiger partial charge in [-0.25, -0.2) is 4.79 Å². The molecule has 0 radical (unpaired) electrons. The fraction of sp³-hybridized carbons (Fsp3) is 0.421. The summed E-state index contributed by atoms with van der Waals surface area (Å²) in [6.07, 6.45) is 1.88. The minimum atomic E-state index is -4.48. The molecular weight excluding hydrogens is 465 g/mol. The molecular formula is C19H19F3N6O2S2. The molecule has 0 aliphatic carbocycles. The Balaban J connectivity index is 1.55. The number of hydrogen-bond donors (Lipinski definition) is 4. The number of urea groups is 1. The largest absolute Gasteiger partial charge is 0.446 e. The van der Waals surface area contributed by atoms with Crippen LogP contribution in [0.5, 0.6) is 0 Å². The van der Waals surface area contributed by atoms with Gasteiger partial charge < -0.3 is 25.8 Å². The van der Waals surface area contributed by atoms with E-state index in [2.05, 4.69) is 31.4 Å². The molecule has 1 aromatic carbocycles. The first-order valence-electron chi connectivity index (χ1n) is 10.0. The molecule has 3 aromatic rings. The van der Waals surface area contributed by atoms with Crippen molar-refractivity contribution in [2.45, 2.75) is 35.3 Å². The average Bonchev–Trinajstić information content (AvgIpc) is 3.47. The van der Waals surface area contributed by atoms with E-state index in [9.17, 15) is 18.0 Å². The van der Waals surface area contributed by atoms with Crippen molar-refractivity contribution in [1.29, 1.82) is 0 Å². The Morgan fingerprint density at radius 2 is 2.06 bits per heavy atom. The summed E-state index contributed by atoms with van der Waals surface area (Å²) in [7, 11) is 0. The van der Waals surface area contributed by atoms with E-state index >= 15 is 0 Å². The van der Waals surface area contributed by atoms with Gasteiger partial charge in [0.05, 0.1) is 15.3 Å². The van der Waals surface area contributed by atoms with Crippen molar-refractivity contribution in [2.24, 2.45) is 0 Å². The van der Waals surface area contributed by atoms with Crippen molar-refractivity contribution < 1.29 is 22.5 Å². The quantitative estimate of drug-likeness (QED) is 0.405. The number of carbonyl (C=O) groups excluding carboxylic acids is 1. The Morgan fingerprint density at radius 3 is 2.78 bits per heavy atom. The topological polar surface area (TPSA) is 104 Å². The smallest absolute Gasteiger partial charge is 0.381 e. The highest BCUT2D eigenvalue weighted by Crippen LogP contribution is 2.50. The van der Waals surface area contributed by atoms with Gasteiger partial charge in [0.2, 0.25) is 5.82 Å². The van der Waals surface area contributed by atoms with E-state index in [1.54, 1.807) is 12.1 Å². The monoisotopic (exact) mass is 484 g/mol. The van der Waals surface area contributed by atoms with E-state index in [0.717, 1.165) is 36.3 Å². The molecule has 2 fully saturated rings. The van der Waals surface area contributed by atoms with Crippen LogP contribution < -0.4 is 21.3 Å². The summed E-state index contributed by atoms with van der Waals surface area (Å²) in [5.41, 5.74) is -3.68. The van der Waals surface area contributed by atoms with Gasteiger partial charge in [0.1, 0.15) is 6.04 Å². The highest BCUT2D eigenvalue weighted by Gasteiger charge is 2.35. The normalized spacial score (nSPS) is 19.8. The Labute approximate surface area is 188 Å². The highest BCUT2D eigenvalue weighted by atomic mass is 32.2. The van der Waals surface area contributed by atoms with Crippen molar-refractivity contribution in [3.05, 3.63) is 24.1 Å². The van der Waals surface area contributed by atoms with Crippen molar-refractivity contribution in [2.75, 3.05) is 25.0 Å². The first kappa shape index (κ1) is 21.3. The van der Waals surface area contributed by atoms with Gasteiger partial charge in [0.25, 0.3) is 5.89 Å². The molecule has 2 aromatic heterocycles. The highest BCUT2D eigenvalue weighted by molar-refractivity contribution is 8.00. The van der Waals surface area contributed by atoms with E-state index < -0.39 is 11.6 Å². The van der Waals surface area contributed by atoms with Crippen LogP contribution in [0.25, 0.3) is 20.8 Å². The van der Waals surface area contributed by atoms with E-state index in [0.29, 0.717) is 5.39 Å². The number of fused-ring (bicyclic) bond motifs is 1. The number of hydrogen-bond acceptors (Lipinski definition) is 8. The second kappa shape index (κ2) is 8.45. The van der Waals surface area contributed by atoms with Crippen LogP contribution in [-0.4, -0.2) is 47.4 Å². The summed E-state index contributed by atoms with van der Waals surface area (Å²) >= 11 is 1.03. The van der Waals surface area contributed by atoms with Crippen LogP contribution in [0, 0.1) is 0 Å². The average molecular weight is 485 g/mol. The summed E-state index contributed by atoms with van der Waals surface area (Å²) in [6.45, 7) is 2.06. The maximum atomic E-state index is 13.4. The molecule has 5 rings (SSSR count). The van der Waals surface area contributed by atoms with Crippen LogP contribution >= 0.6 is 23.1 Å². The first-order valence-corrected chi connectivity index (χ1v) is 11.7. The third-order valence-electron chi connectivity index (χ3n) is 5.30. The molecule has 0 bridgehead atoms.